The van der Waals surface area contributed by atoms with Gasteiger partial charge >= 0.3 is 0 Å². The molecule has 0 N–H and O–H groups in total. The van der Waals surface area contributed by atoms with Crippen molar-refractivity contribution >= 4 is 23.4 Å². The van der Waals surface area contributed by atoms with Crippen molar-refractivity contribution in [2.75, 3.05) is 10.7 Å². The molecule has 0 radical (unpaired) electrons. The van der Waals surface area contributed by atoms with E-state index in [1.165, 1.54) is 16.7 Å². The van der Waals surface area contributed by atoms with E-state index in [0.29, 0.717) is 11.7 Å². The molecule has 1 heterocycles. The number of hydrogen-bond acceptors (Lipinski definition) is 2. The topological polar surface area (TPSA) is 20.3 Å². The Morgan fingerprint density at radius 1 is 1.05 bits per heavy atom. The number of carbonyl (C=O) groups excluding carboxylic acids is 1. The van der Waals surface area contributed by atoms with Gasteiger partial charge in [-0.3, -0.25) is 9.69 Å². The van der Waals surface area contributed by atoms with E-state index in [4.69, 9.17) is 0 Å². The van der Waals surface area contributed by atoms with E-state index in [1.54, 1.807) is 11.8 Å². The first kappa shape index (κ1) is 15.2. The number of hydrogen-bond donors (Lipinski definition) is 0. The van der Waals surface area contributed by atoms with Crippen LogP contribution in [0.2, 0.25) is 0 Å². The van der Waals surface area contributed by atoms with Gasteiger partial charge in [0.05, 0.1) is 5.75 Å². The molecule has 1 atom stereocenters. The molecule has 1 unspecified atom stereocenters. The smallest absolute Gasteiger partial charge is 0.238 e. The van der Waals surface area contributed by atoms with Crippen LogP contribution in [0.5, 0.6) is 0 Å². The summed E-state index contributed by atoms with van der Waals surface area (Å²) >= 11 is 1.70. The minimum Gasteiger partial charge on any atom is -0.295 e. The third-order valence-corrected chi connectivity index (χ3v) is 5.28. The Kier molecular flexibility index (Phi) is 4.25. The third-order valence-electron chi connectivity index (χ3n) is 4.07. The number of benzene rings is 2. The Morgan fingerprint density at radius 3 is 2.27 bits per heavy atom. The van der Waals surface area contributed by atoms with Gasteiger partial charge in [0, 0.05) is 5.69 Å². The van der Waals surface area contributed by atoms with E-state index >= 15 is 0 Å². The Morgan fingerprint density at radius 2 is 1.68 bits per heavy atom. The van der Waals surface area contributed by atoms with E-state index in [0.717, 1.165) is 5.69 Å². The number of amides is 1. The second-order valence-electron chi connectivity index (χ2n) is 6.08. The highest BCUT2D eigenvalue weighted by molar-refractivity contribution is 8.00. The molecule has 1 aliphatic heterocycles. The van der Waals surface area contributed by atoms with E-state index in [1.807, 2.05) is 17.0 Å². The fraction of sp³-hybridized carbons (Fsp3) is 0.316. The lowest BCUT2D eigenvalue weighted by molar-refractivity contribution is -0.115. The minimum atomic E-state index is 0.0800. The van der Waals surface area contributed by atoms with E-state index in [9.17, 15) is 4.79 Å². The minimum absolute atomic E-state index is 0.0800. The molecule has 2 nitrogen and oxygen atoms in total. The largest absolute Gasteiger partial charge is 0.295 e. The zero-order valence-electron chi connectivity index (χ0n) is 13.2. The number of carbonyl (C=O) groups is 1. The lowest BCUT2D eigenvalue weighted by Crippen LogP contribution is -2.27. The summed E-state index contributed by atoms with van der Waals surface area (Å²) in [6, 6.07) is 16.9. The van der Waals surface area contributed by atoms with Gasteiger partial charge in [-0.2, -0.15) is 0 Å². The lowest BCUT2D eigenvalue weighted by Gasteiger charge is -2.24. The summed E-state index contributed by atoms with van der Waals surface area (Å²) in [6.45, 7) is 6.45. The van der Waals surface area contributed by atoms with Crippen molar-refractivity contribution in [3.05, 3.63) is 65.2 Å². The van der Waals surface area contributed by atoms with Crippen molar-refractivity contribution < 1.29 is 4.79 Å². The number of rotatable bonds is 3. The van der Waals surface area contributed by atoms with E-state index in [-0.39, 0.29) is 11.3 Å². The summed E-state index contributed by atoms with van der Waals surface area (Å²) < 4.78 is 0. The number of anilines is 1. The molecular weight excluding hydrogens is 290 g/mol. The Balaban J connectivity index is 1.91. The second-order valence-corrected chi connectivity index (χ2v) is 7.15. The van der Waals surface area contributed by atoms with Crippen LogP contribution in [0.1, 0.15) is 41.8 Å². The summed E-state index contributed by atoms with van der Waals surface area (Å²) in [7, 11) is 0. The lowest BCUT2D eigenvalue weighted by atomic mass is 10.0. The van der Waals surface area contributed by atoms with Crippen molar-refractivity contribution in [1.82, 2.24) is 0 Å². The highest BCUT2D eigenvalue weighted by atomic mass is 32.2. The standard InChI is InChI=1S/C19H21NOS/c1-13(2)15-6-8-16(9-7-15)19-20(18(21)12-22-19)17-10-4-14(3)5-11-17/h4-11,13,19H,12H2,1-3H3. The van der Waals surface area contributed by atoms with Crippen LogP contribution in [0.4, 0.5) is 5.69 Å². The summed E-state index contributed by atoms with van der Waals surface area (Å²) in [6.07, 6.45) is 0. The van der Waals surface area contributed by atoms with Crippen LogP contribution in [0, 0.1) is 6.92 Å². The molecule has 22 heavy (non-hydrogen) atoms. The van der Waals surface area contributed by atoms with Crippen molar-refractivity contribution in [2.45, 2.75) is 32.1 Å². The van der Waals surface area contributed by atoms with Crippen LogP contribution in [0.15, 0.2) is 48.5 Å². The van der Waals surface area contributed by atoms with Crippen molar-refractivity contribution in [1.29, 1.82) is 0 Å². The molecule has 2 aromatic carbocycles. The zero-order chi connectivity index (χ0) is 15.7. The maximum atomic E-state index is 12.3. The summed E-state index contributed by atoms with van der Waals surface area (Å²) in [5, 5.41) is 0.0800. The second kappa shape index (κ2) is 6.17. The predicted molar refractivity (Wildman–Crippen MR) is 94.4 cm³/mol. The van der Waals surface area contributed by atoms with Gasteiger partial charge in [-0.05, 0) is 36.1 Å². The van der Waals surface area contributed by atoms with Gasteiger partial charge in [-0.25, -0.2) is 0 Å². The van der Waals surface area contributed by atoms with Gasteiger partial charge in [0.15, 0.2) is 0 Å². The molecule has 1 saturated heterocycles. The first-order valence-corrected chi connectivity index (χ1v) is 8.71. The number of nitrogens with zero attached hydrogens (tertiary/aromatic N) is 1. The molecule has 0 saturated carbocycles. The molecule has 1 amide bonds. The molecule has 0 aliphatic carbocycles. The molecule has 1 aliphatic rings. The normalized spacial score (nSPS) is 18.3. The molecular formula is C19H21NOS. The number of aryl methyl sites for hydroxylation is 1. The molecule has 0 spiro atoms. The van der Waals surface area contributed by atoms with Crippen LogP contribution in [-0.2, 0) is 4.79 Å². The fourth-order valence-electron chi connectivity index (χ4n) is 2.70. The van der Waals surface area contributed by atoms with Crippen LogP contribution >= 0.6 is 11.8 Å². The maximum Gasteiger partial charge on any atom is 0.238 e. The first-order valence-electron chi connectivity index (χ1n) is 7.66. The number of thioether (sulfide) groups is 1. The average molecular weight is 311 g/mol. The van der Waals surface area contributed by atoms with Gasteiger partial charge in [0.1, 0.15) is 5.37 Å². The van der Waals surface area contributed by atoms with Crippen molar-refractivity contribution in [2.24, 2.45) is 0 Å². The Hall–Kier alpha value is -1.74. The van der Waals surface area contributed by atoms with Gasteiger partial charge < -0.3 is 0 Å². The zero-order valence-corrected chi connectivity index (χ0v) is 14.1. The summed E-state index contributed by atoms with van der Waals surface area (Å²) in [4.78, 5) is 14.2. The molecule has 3 heteroatoms. The first-order chi connectivity index (χ1) is 10.6. The van der Waals surface area contributed by atoms with Gasteiger partial charge in [-0.15, -0.1) is 11.8 Å². The van der Waals surface area contributed by atoms with Crippen molar-refractivity contribution in [3.63, 3.8) is 0 Å². The van der Waals surface area contributed by atoms with Crippen LogP contribution in [-0.4, -0.2) is 11.7 Å². The van der Waals surface area contributed by atoms with Crippen LogP contribution in [0.3, 0.4) is 0 Å². The van der Waals surface area contributed by atoms with Gasteiger partial charge in [-0.1, -0.05) is 55.8 Å². The average Bonchev–Trinajstić information content (AvgIpc) is 2.90. The summed E-state index contributed by atoms with van der Waals surface area (Å²) in [5.41, 5.74) is 4.72. The third kappa shape index (κ3) is 2.91. The Bertz CT molecular complexity index is 661. The van der Waals surface area contributed by atoms with Crippen LogP contribution in [0.25, 0.3) is 0 Å². The molecule has 0 bridgehead atoms. The highest BCUT2D eigenvalue weighted by Gasteiger charge is 2.33. The SMILES string of the molecule is Cc1ccc(N2C(=O)CSC2c2ccc(C(C)C)cc2)cc1. The molecule has 0 aromatic heterocycles. The molecule has 3 rings (SSSR count). The van der Waals surface area contributed by atoms with E-state index < -0.39 is 0 Å². The maximum absolute atomic E-state index is 12.3. The fourth-order valence-corrected chi connectivity index (χ4v) is 3.88. The Labute approximate surface area is 136 Å². The van der Waals surface area contributed by atoms with Crippen molar-refractivity contribution in [3.8, 4) is 0 Å². The molecule has 114 valence electrons. The van der Waals surface area contributed by atoms with Gasteiger partial charge in [0.2, 0.25) is 5.91 Å². The predicted octanol–water partition coefficient (Wildman–Crippen LogP) is 4.90. The monoisotopic (exact) mass is 311 g/mol. The highest BCUT2D eigenvalue weighted by Crippen LogP contribution is 2.41. The molecule has 1 fully saturated rings. The summed E-state index contributed by atoms with van der Waals surface area (Å²) in [5.74, 6) is 1.26. The molecule has 2 aromatic rings. The van der Waals surface area contributed by atoms with Gasteiger partial charge in [0.25, 0.3) is 0 Å². The van der Waals surface area contributed by atoms with E-state index in [2.05, 4.69) is 57.2 Å². The quantitative estimate of drug-likeness (QED) is 0.804. The van der Waals surface area contributed by atoms with Crippen LogP contribution < -0.4 is 4.90 Å².